The number of ether oxygens (including phenoxy) is 9. The molecule has 0 unspecified atom stereocenters. The number of hydrogen-bond acceptors (Lipinski definition) is 35. The summed E-state index contributed by atoms with van der Waals surface area (Å²) in [4.78, 5) is 54.4. The maximum atomic E-state index is 14.9. The quantitative estimate of drug-likeness (QED) is 0.0830. The molecule has 6 aliphatic rings. The van der Waals surface area contributed by atoms with E-state index < -0.39 is 307 Å². The van der Waals surface area contributed by atoms with Crippen molar-refractivity contribution >= 4 is 23.8 Å². The number of cyclic esters (lactones) is 2. The molecule has 24 N–H and O–H groups in total. The van der Waals surface area contributed by atoms with Gasteiger partial charge in [-0.1, -0.05) is 198 Å². The predicted octanol–water partition coefficient (Wildman–Crippen LogP) is 1.19. The third-order valence-corrected chi connectivity index (χ3v) is 25.0. The van der Waals surface area contributed by atoms with E-state index in [9.17, 15) is 121 Å². The normalized spacial score (nSPS) is 41.5. The first-order valence-electron chi connectivity index (χ1n) is 46.2. The standard InChI is InChI=1S/C97H151N3O33/c1-56-34-30-26-22-18-14-10-12-16-20-24-28-32-36-70(130-94-90(119)84(98)88(117)62(7)128-94)50-78-82(76(111)54-96(123,132-78)52-68(105)46-74(109)72(107)40-38-64(101)44-66(103)48-80(113)126-60(5)58(3)86(56)115)92(121)100-43-42-99-85-89(118)63(8)129-95(91(85)120)131-71-37-33-29-25-21-17-13-11-15-19-23-27-31-35-57(2)87(116)59(4)61(6)127-81(114)49-67(104)45-65(102)39-41-73(108)75(110)47-69(106)53-97(124)55-77(112)83(93(122)125-9)79(51-71)133-97/h10-37,56-79,82-91,94-95,99,101-112,115-120,123-124H,38-55,98H2,1-9H3,(H,100,121)/t56-,57-,58-,59-,60-,61-,62+,63+,64+,65+,66+,67+,68-,69-,70-,71-,72+,73+,74+,75+,76-,77-,78-,79-,82+,83+,84-,85-,86+,87+,88+,89+,90-,91-,94-,95-,96+,97+/m0/s1. The fraction of sp³-hybridized carbons (Fsp3) is 0.670. The van der Waals surface area contributed by atoms with Gasteiger partial charge in [0.15, 0.2) is 24.2 Å². The number of allylic oxidation sites excluding steroid dienone is 24. The van der Waals surface area contributed by atoms with Crippen molar-refractivity contribution in [2.24, 2.45) is 41.2 Å². The monoisotopic (exact) mass is 1890 g/mol. The molecule has 0 aliphatic carbocycles. The average Bonchev–Trinajstić information content (AvgIpc) is 0.441. The number of carbonyl (C=O) groups excluding carboxylic acids is 4. The number of rotatable bonds is 10. The van der Waals surface area contributed by atoms with Crippen molar-refractivity contribution in [3.8, 4) is 0 Å². The number of aliphatic hydroxyl groups excluding tert-OH is 18. The van der Waals surface area contributed by atoms with E-state index in [1.807, 2.05) is 6.92 Å². The molecule has 752 valence electrons. The molecule has 6 rings (SSSR count). The Morgan fingerprint density at radius 1 is 0.383 bits per heavy atom. The van der Waals surface area contributed by atoms with Gasteiger partial charge in [0.1, 0.15) is 30.3 Å². The first-order valence-corrected chi connectivity index (χ1v) is 46.2. The Balaban J connectivity index is 1.26. The van der Waals surface area contributed by atoms with Crippen LogP contribution in [0.3, 0.4) is 0 Å². The second-order valence-corrected chi connectivity index (χ2v) is 36.2. The van der Waals surface area contributed by atoms with E-state index in [-0.39, 0.29) is 63.5 Å². The van der Waals surface area contributed by atoms with Gasteiger partial charge in [0.05, 0.1) is 172 Å². The van der Waals surface area contributed by atoms with Crippen molar-refractivity contribution < 1.29 is 164 Å². The van der Waals surface area contributed by atoms with Crippen LogP contribution in [0.1, 0.15) is 158 Å². The molecular weight excluding hydrogens is 1740 g/mol. The number of esters is 3. The summed E-state index contributed by atoms with van der Waals surface area (Å²) in [5, 5.41) is 233. The van der Waals surface area contributed by atoms with E-state index in [1.165, 1.54) is 26.0 Å². The highest BCUT2D eigenvalue weighted by Gasteiger charge is 2.54. The van der Waals surface area contributed by atoms with E-state index in [1.54, 1.807) is 193 Å². The molecule has 0 aromatic rings. The minimum atomic E-state index is -2.50. The molecule has 133 heavy (non-hydrogen) atoms. The summed E-state index contributed by atoms with van der Waals surface area (Å²) in [7, 11) is 1.06. The summed E-state index contributed by atoms with van der Waals surface area (Å²) >= 11 is 0. The number of aliphatic hydroxyl groups is 20. The SMILES string of the molecule is COC(=O)[C@H]1[C@@H]2C[C@@H](O[C@@H]3O[C@H](C)[C@@H](O)[C@H](NCCNC(=O)[C@H]4[C@@H]5C[C@@H](O[C@@H]6O[C@H](C)[C@@H](O)[C@H](N)[C@@H]6O)C=CC=CC=CC=CC=CC=CC=C[C@H](C)[C@@H](O)[C@@H](C)[C@H](C)OC(=O)C[C@H](O)C[C@H](O)CC[C@@H](O)[C@H](O)C[C@H](O)C[C@](O)(C[C@@H]4O)O5)[C@@H]3O)C=CC=CC=CC=CC=CC=CC=C[C@H](C)[C@@H](O)[C@@H](C)[C@H](C)OC(=O)C[C@H](O)C[C@H](O)CC[C@@H](O)[C@H](O)C[C@H](O)C[C@](O)(C[C@@H]1O)O2. The van der Waals surface area contributed by atoms with Gasteiger partial charge in [0.25, 0.3) is 0 Å². The van der Waals surface area contributed by atoms with Crippen molar-refractivity contribution in [2.45, 2.75) is 353 Å². The molecule has 38 atom stereocenters. The van der Waals surface area contributed by atoms with Crippen molar-refractivity contribution in [1.82, 2.24) is 10.6 Å². The van der Waals surface area contributed by atoms with E-state index in [4.69, 9.17) is 48.4 Å². The Morgan fingerprint density at radius 3 is 1.13 bits per heavy atom. The average molecular weight is 1890 g/mol. The topological polar surface area (TPSA) is 606 Å². The highest BCUT2D eigenvalue weighted by atomic mass is 16.7. The summed E-state index contributed by atoms with van der Waals surface area (Å²) in [5.41, 5.74) is 6.25. The minimum absolute atomic E-state index is 0.175. The van der Waals surface area contributed by atoms with Gasteiger partial charge in [-0.2, -0.15) is 0 Å². The summed E-state index contributed by atoms with van der Waals surface area (Å²) in [6.07, 6.45) is 1.23. The molecule has 4 bridgehead atoms. The zero-order valence-corrected chi connectivity index (χ0v) is 77.5. The number of nitrogens with one attached hydrogen (secondary N) is 2. The largest absolute Gasteiger partial charge is 0.469 e. The smallest absolute Gasteiger partial charge is 0.313 e. The van der Waals surface area contributed by atoms with E-state index in [2.05, 4.69) is 10.6 Å². The fourth-order valence-electron chi connectivity index (χ4n) is 16.8. The van der Waals surface area contributed by atoms with E-state index in [0.717, 1.165) is 7.11 Å². The first kappa shape index (κ1) is 115. The van der Waals surface area contributed by atoms with Gasteiger partial charge in [0.2, 0.25) is 5.91 Å². The van der Waals surface area contributed by atoms with Crippen LogP contribution in [0, 0.1) is 35.5 Å². The molecule has 36 nitrogen and oxygen atoms in total. The molecule has 6 aliphatic heterocycles. The second kappa shape index (κ2) is 58.1. The van der Waals surface area contributed by atoms with Gasteiger partial charge >= 0.3 is 17.9 Å². The van der Waals surface area contributed by atoms with Crippen LogP contribution in [0.5, 0.6) is 0 Å². The summed E-state index contributed by atoms with van der Waals surface area (Å²) in [5.74, 6) is -13.2. The van der Waals surface area contributed by atoms with Crippen molar-refractivity contribution in [1.29, 1.82) is 0 Å². The van der Waals surface area contributed by atoms with Gasteiger partial charge in [-0.25, -0.2) is 0 Å². The molecule has 4 saturated heterocycles. The number of amides is 1. The second-order valence-electron chi connectivity index (χ2n) is 36.2. The number of carbonyl (C=O) groups is 4. The lowest BCUT2D eigenvalue weighted by molar-refractivity contribution is -0.310. The Morgan fingerprint density at radius 2 is 0.737 bits per heavy atom. The molecule has 4 fully saturated rings. The van der Waals surface area contributed by atoms with Gasteiger partial charge in [-0.15, -0.1) is 0 Å². The Hall–Kier alpha value is -6.88. The Kier molecular flexibility index (Phi) is 50.2. The third-order valence-electron chi connectivity index (χ3n) is 25.0. The Bertz CT molecular complexity index is 3910. The number of methoxy groups -OCH3 is 1. The molecule has 6 heterocycles. The predicted molar refractivity (Wildman–Crippen MR) is 488 cm³/mol. The molecule has 1 amide bonds. The van der Waals surface area contributed by atoms with Crippen LogP contribution in [0.15, 0.2) is 170 Å². The van der Waals surface area contributed by atoms with Crippen LogP contribution in [0.4, 0.5) is 0 Å². The number of hydrogen-bond donors (Lipinski definition) is 23. The van der Waals surface area contributed by atoms with E-state index >= 15 is 0 Å². The lowest BCUT2D eigenvalue weighted by atomic mass is 9.82. The fourth-order valence-corrected chi connectivity index (χ4v) is 16.8. The number of fused-ring (bicyclic) bond motifs is 4. The minimum Gasteiger partial charge on any atom is -0.469 e. The maximum absolute atomic E-state index is 14.9. The maximum Gasteiger partial charge on any atom is 0.313 e. The third kappa shape index (κ3) is 39.1. The van der Waals surface area contributed by atoms with Crippen LogP contribution < -0.4 is 16.4 Å². The van der Waals surface area contributed by atoms with Gasteiger partial charge < -0.3 is 161 Å². The lowest BCUT2D eigenvalue weighted by Crippen LogP contribution is -2.64. The van der Waals surface area contributed by atoms with Crippen molar-refractivity contribution in [2.75, 3.05) is 20.2 Å². The van der Waals surface area contributed by atoms with Gasteiger partial charge in [-0.3, -0.25) is 19.2 Å². The summed E-state index contributed by atoms with van der Waals surface area (Å²) in [6, 6.07) is -2.60. The highest BCUT2D eigenvalue weighted by molar-refractivity contribution is 5.80. The molecular formula is C97H151N3O33. The molecule has 0 radical (unpaired) electrons. The lowest BCUT2D eigenvalue weighted by Gasteiger charge is -2.46. The molecule has 0 aromatic carbocycles. The van der Waals surface area contributed by atoms with Gasteiger partial charge in [-0.05, 0) is 66.2 Å². The van der Waals surface area contributed by atoms with Crippen molar-refractivity contribution in [3.63, 3.8) is 0 Å². The highest BCUT2D eigenvalue weighted by Crippen LogP contribution is 2.41. The van der Waals surface area contributed by atoms with Crippen molar-refractivity contribution in [3.05, 3.63) is 170 Å². The zero-order valence-electron chi connectivity index (χ0n) is 77.5. The van der Waals surface area contributed by atoms with Crippen LogP contribution >= 0.6 is 0 Å². The molecule has 0 aromatic heterocycles. The van der Waals surface area contributed by atoms with Crippen LogP contribution in [-0.4, -0.2) is 341 Å². The zero-order chi connectivity index (χ0) is 98.4. The van der Waals surface area contributed by atoms with Gasteiger partial charge in [0, 0.05) is 88.1 Å². The molecule has 0 spiro atoms. The Labute approximate surface area is 779 Å². The van der Waals surface area contributed by atoms with Crippen LogP contribution in [0.2, 0.25) is 0 Å². The molecule has 0 saturated carbocycles. The summed E-state index contributed by atoms with van der Waals surface area (Å²) in [6.45, 7) is 12.7. The number of nitrogens with two attached hydrogens (primary N) is 1. The summed E-state index contributed by atoms with van der Waals surface area (Å²) < 4.78 is 53.7. The first-order chi connectivity index (χ1) is 62.9. The van der Waals surface area contributed by atoms with Crippen LogP contribution in [-0.2, 0) is 61.8 Å². The molecule has 36 heteroatoms. The van der Waals surface area contributed by atoms with Crippen LogP contribution in [0.25, 0.3) is 0 Å². The van der Waals surface area contributed by atoms with E-state index in [0.29, 0.717) is 0 Å².